The van der Waals surface area contributed by atoms with Gasteiger partial charge in [0.25, 0.3) is 0 Å². The fourth-order valence-corrected chi connectivity index (χ4v) is 3.11. The zero-order valence-corrected chi connectivity index (χ0v) is 13.6. The molecule has 0 saturated carbocycles. The van der Waals surface area contributed by atoms with Gasteiger partial charge in [0.05, 0.1) is 30.6 Å². The van der Waals surface area contributed by atoms with Crippen LogP contribution in [0.25, 0.3) is 0 Å². The molecule has 0 aliphatic rings. The molecule has 0 unspecified atom stereocenters. The number of methoxy groups -OCH3 is 2. The molecule has 1 aromatic carbocycles. The van der Waals surface area contributed by atoms with Crippen molar-refractivity contribution >= 4 is 33.4 Å². The molecule has 0 spiro atoms. The van der Waals surface area contributed by atoms with Gasteiger partial charge in [-0.2, -0.15) is 0 Å². The maximum atomic E-state index is 5.89. The normalized spacial score (nSPS) is 10.3. The topological polar surface area (TPSA) is 57.4 Å². The molecule has 4 nitrogen and oxygen atoms in total. The van der Waals surface area contributed by atoms with E-state index in [4.69, 9.17) is 15.2 Å². The second-order valence-corrected chi connectivity index (χ2v) is 5.87. The minimum absolute atomic E-state index is 0.681. The number of anilines is 1. The van der Waals surface area contributed by atoms with Gasteiger partial charge in [0, 0.05) is 22.4 Å². The zero-order valence-electron chi connectivity index (χ0n) is 11.2. The Morgan fingerprint density at radius 2 is 2.00 bits per heavy atom. The highest BCUT2D eigenvalue weighted by molar-refractivity contribution is 9.10. The second-order valence-electron chi connectivity index (χ2n) is 4.00. The molecule has 0 amide bonds. The largest absolute Gasteiger partial charge is 0.496 e. The summed E-state index contributed by atoms with van der Waals surface area (Å²) < 4.78 is 11.6. The van der Waals surface area contributed by atoms with Gasteiger partial charge in [-0.05, 0) is 34.1 Å². The molecule has 2 rings (SSSR count). The van der Waals surface area contributed by atoms with Gasteiger partial charge >= 0.3 is 0 Å². The minimum atomic E-state index is 0.681. The van der Waals surface area contributed by atoms with Crippen molar-refractivity contribution in [1.82, 2.24) is 4.98 Å². The molecular formula is C14H15BrN2O2S. The van der Waals surface area contributed by atoms with Crippen LogP contribution in [0.5, 0.6) is 11.5 Å². The Morgan fingerprint density at radius 3 is 2.65 bits per heavy atom. The van der Waals surface area contributed by atoms with Crippen LogP contribution in [0.4, 0.5) is 5.69 Å². The van der Waals surface area contributed by atoms with E-state index in [0.29, 0.717) is 5.69 Å². The fraction of sp³-hybridized carbons (Fsp3) is 0.214. The molecular weight excluding hydrogens is 340 g/mol. The third-order valence-corrected chi connectivity index (χ3v) is 4.51. The summed E-state index contributed by atoms with van der Waals surface area (Å²) in [6, 6.07) is 5.78. The van der Waals surface area contributed by atoms with Gasteiger partial charge in [-0.3, -0.25) is 4.98 Å². The molecule has 0 atom stereocenters. The Kier molecular flexibility index (Phi) is 5.14. The van der Waals surface area contributed by atoms with Gasteiger partial charge in [0.1, 0.15) is 11.5 Å². The van der Waals surface area contributed by atoms with E-state index in [1.165, 1.54) is 0 Å². The summed E-state index contributed by atoms with van der Waals surface area (Å²) in [4.78, 5) is 4.99. The van der Waals surface area contributed by atoms with E-state index in [0.717, 1.165) is 32.2 Å². The number of ether oxygens (including phenoxy) is 2. The molecule has 0 fully saturated rings. The first kappa shape index (κ1) is 15.0. The molecule has 2 N–H and O–H groups in total. The Bertz CT molecular complexity index is 608. The van der Waals surface area contributed by atoms with E-state index in [1.807, 2.05) is 18.2 Å². The van der Waals surface area contributed by atoms with Crippen LogP contribution in [-0.2, 0) is 5.75 Å². The number of nitrogens with zero attached hydrogens (tertiary/aromatic N) is 1. The van der Waals surface area contributed by atoms with Crippen LogP contribution in [0, 0.1) is 0 Å². The Hall–Kier alpha value is -1.40. The molecule has 0 bridgehead atoms. The molecule has 2 aromatic rings. The third kappa shape index (κ3) is 3.37. The van der Waals surface area contributed by atoms with Crippen molar-refractivity contribution in [3.8, 4) is 11.5 Å². The number of rotatable bonds is 5. The summed E-state index contributed by atoms with van der Waals surface area (Å²) in [5.41, 5.74) is 7.62. The van der Waals surface area contributed by atoms with Gasteiger partial charge in [0.2, 0.25) is 0 Å². The fourth-order valence-electron chi connectivity index (χ4n) is 1.72. The van der Waals surface area contributed by atoms with Crippen molar-refractivity contribution in [2.45, 2.75) is 10.6 Å². The molecule has 106 valence electrons. The van der Waals surface area contributed by atoms with Crippen LogP contribution in [-0.4, -0.2) is 19.2 Å². The van der Waals surface area contributed by atoms with Gasteiger partial charge in [0.15, 0.2) is 0 Å². The average Bonchev–Trinajstić information content (AvgIpc) is 2.47. The number of pyridine rings is 1. The molecule has 1 heterocycles. The lowest BCUT2D eigenvalue weighted by molar-refractivity contribution is 0.398. The Labute approximate surface area is 130 Å². The predicted octanol–water partition coefficient (Wildman–Crippen LogP) is 3.74. The predicted molar refractivity (Wildman–Crippen MR) is 85.5 cm³/mol. The number of thioether (sulfide) groups is 1. The summed E-state index contributed by atoms with van der Waals surface area (Å²) in [5.74, 6) is 2.34. The molecule has 0 radical (unpaired) electrons. The van der Waals surface area contributed by atoms with E-state index in [1.54, 1.807) is 38.4 Å². The maximum Gasteiger partial charge on any atom is 0.133 e. The monoisotopic (exact) mass is 354 g/mol. The highest BCUT2D eigenvalue weighted by atomic mass is 79.9. The van der Waals surface area contributed by atoms with Crippen molar-refractivity contribution < 1.29 is 9.47 Å². The van der Waals surface area contributed by atoms with Crippen molar-refractivity contribution in [2.75, 3.05) is 20.0 Å². The number of benzene rings is 1. The number of hydrogen-bond acceptors (Lipinski definition) is 5. The molecule has 0 saturated heterocycles. The third-order valence-electron chi connectivity index (χ3n) is 2.75. The summed E-state index contributed by atoms with van der Waals surface area (Å²) in [6.07, 6.45) is 3.39. The van der Waals surface area contributed by atoms with Crippen LogP contribution in [0.3, 0.4) is 0 Å². The van der Waals surface area contributed by atoms with Gasteiger partial charge in [-0.1, -0.05) is 0 Å². The van der Waals surface area contributed by atoms with Gasteiger partial charge in [-0.25, -0.2) is 0 Å². The number of halogens is 1. The van der Waals surface area contributed by atoms with Crippen LogP contribution in [0.2, 0.25) is 0 Å². The summed E-state index contributed by atoms with van der Waals surface area (Å²) in [6.45, 7) is 0. The van der Waals surface area contributed by atoms with Crippen molar-refractivity contribution in [1.29, 1.82) is 0 Å². The quantitative estimate of drug-likeness (QED) is 0.828. The number of hydrogen-bond donors (Lipinski definition) is 1. The van der Waals surface area contributed by atoms with E-state index in [-0.39, 0.29) is 0 Å². The van der Waals surface area contributed by atoms with Gasteiger partial charge < -0.3 is 15.2 Å². The van der Waals surface area contributed by atoms with E-state index in [9.17, 15) is 0 Å². The number of aromatic nitrogens is 1. The first-order chi connectivity index (χ1) is 9.65. The SMILES string of the molecule is COc1cc(CSc2ccncc2N)c(OC)cc1Br. The molecule has 20 heavy (non-hydrogen) atoms. The smallest absolute Gasteiger partial charge is 0.133 e. The first-order valence-corrected chi connectivity index (χ1v) is 7.66. The second kappa shape index (κ2) is 6.85. The Balaban J connectivity index is 2.22. The van der Waals surface area contributed by atoms with Crippen molar-refractivity contribution in [3.05, 3.63) is 40.6 Å². The van der Waals surface area contributed by atoms with Crippen LogP contribution < -0.4 is 15.2 Å². The van der Waals surface area contributed by atoms with Crippen LogP contribution >= 0.6 is 27.7 Å². The zero-order chi connectivity index (χ0) is 14.5. The lowest BCUT2D eigenvalue weighted by atomic mass is 10.2. The Morgan fingerprint density at radius 1 is 1.25 bits per heavy atom. The van der Waals surface area contributed by atoms with E-state index in [2.05, 4.69) is 20.9 Å². The molecule has 0 aliphatic heterocycles. The van der Waals surface area contributed by atoms with Gasteiger partial charge in [-0.15, -0.1) is 11.8 Å². The number of nitrogens with two attached hydrogens (primary N) is 1. The van der Waals surface area contributed by atoms with E-state index < -0.39 is 0 Å². The van der Waals surface area contributed by atoms with E-state index >= 15 is 0 Å². The maximum absolute atomic E-state index is 5.89. The summed E-state index contributed by atoms with van der Waals surface area (Å²) >= 11 is 5.09. The number of nitrogen functional groups attached to an aromatic ring is 1. The lowest BCUT2D eigenvalue weighted by Gasteiger charge is -2.12. The molecule has 6 heteroatoms. The molecule has 1 aromatic heterocycles. The van der Waals surface area contributed by atoms with Crippen molar-refractivity contribution in [2.24, 2.45) is 0 Å². The average molecular weight is 355 g/mol. The lowest BCUT2D eigenvalue weighted by Crippen LogP contribution is -1.95. The van der Waals surface area contributed by atoms with Crippen molar-refractivity contribution in [3.63, 3.8) is 0 Å². The van der Waals surface area contributed by atoms with Crippen LogP contribution in [0.15, 0.2) is 40.0 Å². The first-order valence-electron chi connectivity index (χ1n) is 5.88. The molecule has 0 aliphatic carbocycles. The highest BCUT2D eigenvalue weighted by Gasteiger charge is 2.10. The standard InChI is InChI=1S/C14H15BrN2O2S/c1-18-12-6-10(15)13(19-2)5-9(12)8-20-14-3-4-17-7-11(14)16/h3-7H,8,16H2,1-2H3. The minimum Gasteiger partial charge on any atom is -0.496 e. The highest BCUT2D eigenvalue weighted by Crippen LogP contribution is 2.36. The summed E-state index contributed by atoms with van der Waals surface area (Å²) in [7, 11) is 3.30. The van der Waals surface area contributed by atoms with Crippen LogP contribution in [0.1, 0.15) is 5.56 Å². The summed E-state index contributed by atoms with van der Waals surface area (Å²) in [5, 5.41) is 0.